The molecule has 0 saturated carbocycles. The van der Waals surface area contributed by atoms with Crippen LogP contribution >= 0.6 is 0 Å². The van der Waals surface area contributed by atoms with Crippen LogP contribution in [0, 0.1) is 32.1 Å². The second-order valence-corrected chi connectivity index (χ2v) is 9.86. The Bertz CT molecular complexity index is 1870. The van der Waals surface area contributed by atoms with E-state index in [1.165, 1.54) is 16.7 Å². The van der Waals surface area contributed by atoms with Crippen molar-refractivity contribution in [1.29, 1.82) is 5.26 Å². The Labute approximate surface area is 216 Å². The largest absolute Gasteiger partial charge is 0.454 e. The molecule has 3 heteroatoms. The van der Waals surface area contributed by atoms with E-state index in [1.807, 2.05) is 12.1 Å². The summed E-state index contributed by atoms with van der Waals surface area (Å²) in [7, 11) is 2.07. The second-order valence-electron chi connectivity index (χ2n) is 9.86. The van der Waals surface area contributed by atoms with E-state index >= 15 is 0 Å². The number of furan rings is 1. The molecule has 6 rings (SSSR count). The Morgan fingerprint density at radius 2 is 1.38 bits per heavy atom. The van der Waals surface area contributed by atoms with Gasteiger partial charge in [0.2, 0.25) is 5.69 Å². The van der Waals surface area contributed by atoms with E-state index in [0.717, 1.165) is 55.4 Å². The molecule has 6 aromatic rings. The first-order valence-electron chi connectivity index (χ1n) is 12.5. The minimum absolute atomic E-state index is 0.606. The molecule has 0 bridgehead atoms. The van der Waals surface area contributed by atoms with Gasteiger partial charge in [0, 0.05) is 28.0 Å². The molecule has 0 aliphatic carbocycles. The van der Waals surface area contributed by atoms with Gasteiger partial charge in [0.25, 0.3) is 0 Å². The molecule has 0 fully saturated rings. The van der Waals surface area contributed by atoms with E-state index in [2.05, 4.69) is 117 Å². The monoisotopic (exact) mass is 479 g/mol. The van der Waals surface area contributed by atoms with Gasteiger partial charge in [0.05, 0.1) is 17.2 Å². The summed E-state index contributed by atoms with van der Waals surface area (Å²) in [5.74, 6) is 0. The molecule has 0 N–H and O–H groups in total. The summed E-state index contributed by atoms with van der Waals surface area (Å²) in [5, 5.41) is 12.1. The number of hydrogen-bond donors (Lipinski definition) is 0. The number of nitriles is 1. The summed E-state index contributed by atoms with van der Waals surface area (Å²) in [6.45, 7) is 6.32. The maximum absolute atomic E-state index is 10.0. The van der Waals surface area contributed by atoms with Crippen LogP contribution in [-0.2, 0) is 7.05 Å². The van der Waals surface area contributed by atoms with Gasteiger partial charge in [0.1, 0.15) is 18.2 Å². The topological polar surface area (TPSA) is 40.8 Å². The van der Waals surface area contributed by atoms with Crippen LogP contribution in [0.15, 0.2) is 95.5 Å². The zero-order valence-electron chi connectivity index (χ0n) is 21.5. The summed E-state index contributed by atoms with van der Waals surface area (Å²) < 4.78 is 8.85. The van der Waals surface area contributed by atoms with Crippen molar-refractivity contribution >= 4 is 21.9 Å². The molecule has 4 aromatic carbocycles. The highest BCUT2D eigenvalue weighted by atomic mass is 16.3. The summed E-state index contributed by atoms with van der Waals surface area (Å²) >= 11 is 0. The van der Waals surface area contributed by atoms with Gasteiger partial charge in [-0.15, -0.1) is 0 Å². The lowest BCUT2D eigenvalue weighted by Gasteiger charge is -2.08. The van der Waals surface area contributed by atoms with Crippen molar-refractivity contribution in [1.82, 2.24) is 0 Å². The van der Waals surface area contributed by atoms with Gasteiger partial charge in [-0.2, -0.15) is 5.26 Å². The average Bonchev–Trinajstić information content (AvgIpc) is 3.27. The van der Waals surface area contributed by atoms with Gasteiger partial charge in [-0.05, 0) is 61.2 Å². The van der Waals surface area contributed by atoms with Crippen LogP contribution in [0.4, 0.5) is 0 Å². The van der Waals surface area contributed by atoms with Crippen molar-refractivity contribution in [3.8, 4) is 39.6 Å². The standard InChI is InChI=1S/C34H27N2O/c1-21-6-5-7-26(18-21)24-10-12-25(13-11-24)32-27(19-35)14-16-29-28-15-9-23(3)31(33(28)37-34(29)32)30-17-8-22(2)20-36(30)4/h5-18,20H,1-4H3/q+1. The van der Waals surface area contributed by atoms with Gasteiger partial charge < -0.3 is 4.42 Å². The lowest BCUT2D eigenvalue weighted by atomic mass is 9.94. The van der Waals surface area contributed by atoms with Gasteiger partial charge in [-0.1, -0.05) is 66.2 Å². The number of pyridine rings is 1. The number of benzene rings is 4. The molecule has 2 heterocycles. The molecule has 0 amide bonds. The van der Waals surface area contributed by atoms with E-state index in [4.69, 9.17) is 4.42 Å². The fourth-order valence-corrected chi connectivity index (χ4v) is 5.36. The van der Waals surface area contributed by atoms with Crippen LogP contribution in [0.25, 0.3) is 55.4 Å². The highest BCUT2D eigenvalue weighted by molar-refractivity contribution is 6.14. The Hall–Kier alpha value is -4.68. The van der Waals surface area contributed by atoms with Crippen molar-refractivity contribution in [2.45, 2.75) is 20.8 Å². The quantitative estimate of drug-likeness (QED) is 0.240. The van der Waals surface area contributed by atoms with Gasteiger partial charge in [-0.25, -0.2) is 4.57 Å². The van der Waals surface area contributed by atoms with Gasteiger partial charge >= 0.3 is 0 Å². The predicted molar refractivity (Wildman–Crippen MR) is 150 cm³/mol. The molecule has 0 atom stereocenters. The smallest absolute Gasteiger partial charge is 0.216 e. The molecular formula is C34H27N2O+. The zero-order chi connectivity index (χ0) is 25.7. The first-order chi connectivity index (χ1) is 17.9. The van der Waals surface area contributed by atoms with Gasteiger partial charge in [-0.3, -0.25) is 0 Å². The van der Waals surface area contributed by atoms with Crippen LogP contribution in [0.3, 0.4) is 0 Å². The van der Waals surface area contributed by atoms with E-state index < -0.39 is 0 Å². The molecule has 0 spiro atoms. The lowest BCUT2D eigenvalue weighted by molar-refractivity contribution is -0.660. The molecule has 2 aromatic heterocycles. The third-order valence-electron chi connectivity index (χ3n) is 7.20. The molecule has 0 aliphatic heterocycles. The summed E-state index contributed by atoms with van der Waals surface area (Å²) in [4.78, 5) is 0. The number of aryl methyl sites for hydroxylation is 4. The third kappa shape index (κ3) is 3.79. The number of nitrogens with zero attached hydrogens (tertiary/aromatic N) is 2. The van der Waals surface area contributed by atoms with E-state index in [1.54, 1.807) is 0 Å². The lowest BCUT2D eigenvalue weighted by Crippen LogP contribution is -2.31. The minimum Gasteiger partial charge on any atom is -0.454 e. The highest BCUT2D eigenvalue weighted by Gasteiger charge is 2.23. The highest BCUT2D eigenvalue weighted by Crippen LogP contribution is 2.42. The molecular weight excluding hydrogens is 452 g/mol. The minimum atomic E-state index is 0.606. The molecule has 3 nitrogen and oxygen atoms in total. The van der Waals surface area contributed by atoms with Crippen LogP contribution < -0.4 is 4.57 Å². The maximum atomic E-state index is 10.0. The maximum Gasteiger partial charge on any atom is 0.216 e. The average molecular weight is 480 g/mol. The summed E-state index contributed by atoms with van der Waals surface area (Å²) in [6, 6.07) is 31.8. The first-order valence-corrected chi connectivity index (χ1v) is 12.5. The molecule has 178 valence electrons. The molecule has 0 saturated heterocycles. The predicted octanol–water partition coefficient (Wildman–Crippen LogP) is 8.21. The summed E-state index contributed by atoms with van der Waals surface area (Å²) in [6.07, 6.45) is 2.13. The molecule has 0 aliphatic rings. The van der Waals surface area contributed by atoms with Crippen LogP contribution in [0.5, 0.6) is 0 Å². The zero-order valence-corrected chi connectivity index (χ0v) is 21.5. The molecule has 0 unspecified atom stereocenters. The van der Waals surface area contributed by atoms with E-state index in [9.17, 15) is 5.26 Å². The number of fused-ring (bicyclic) bond motifs is 3. The molecule has 37 heavy (non-hydrogen) atoms. The van der Waals surface area contributed by atoms with Crippen LogP contribution in [0.2, 0.25) is 0 Å². The second kappa shape index (κ2) is 8.76. The normalized spacial score (nSPS) is 11.2. The fourth-order valence-electron chi connectivity index (χ4n) is 5.36. The van der Waals surface area contributed by atoms with Crippen molar-refractivity contribution in [3.63, 3.8) is 0 Å². The third-order valence-corrected chi connectivity index (χ3v) is 7.20. The van der Waals surface area contributed by atoms with Crippen LogP contribution in [-0.4, -0.2) is 0 Å². The Balaban J connectivity index is 1.59. The van der Waals surface area contributed by atoms with Crippen molar-refractivity contribution in [3.05, 3.63) is 113 Å². The fraction of sp³-hybridized carbons (Fsp3) is 0.118. The van der Waals surface area contributed by atoms with Crippen LogP contribution in [0.1, 0.15) is 22.3 Å². The molecule has 0 radical (unpaired) electrons. The number of aromatic nitrogens is 1. The summed E-state index contributed by atoms with van der Waals surface area (Å²) in [5.41, 5.74) is 12.1. The first kappa shape index (κ1) is 22.8. The van der Waals surface area contributed by atoms with E-state index in [-0.39, 0.29) is 0 Å². The number of hydrogen-bond acceptors (Lipinski definition) is 2. The van der Waals surface area contributed by atoms with Crippen molar-refractivity contribution in [2.75, 3.05) is 0 Å². The Morgan fingerprint density at radius 1 is 0.676 bits per heavy atom. The Kier molecular flexibility index (Phi) is 5.39. The Morgan fingerprint density at radius 3 is 2.08 bits per heavy atom. The van der Waals surface area contributed by atoms with E-state index in [0.29, 0.717) is 5.56 Å². The SMILES string of the molecule is Cc1cccc(-c2ccc(-c3c(C#N)ccc4c3oc3c(-c5ccc(C)c[n+]5C)c(C)ccc34)cc2)c1. The van der Waals surface area contributed by atoms with Gasteiger partial charge in [0.15, 0.2) is 6.20 Å². The van der Waals surface area contributed by atoms with Crippen molar-refractivity contribution in [2.24, 2.45) is 7.05 Å². The van der Waals surface area contributed by atoms with Crippen molar-refractivity contribution < 1.29 is 8.98 Å². The number of rotatable bonds is 3.